The molecule has 2 aromatic carbocycles. The van der Waals surface area contributed by atoms with Gasteiger partial charge in [-0.05, 0) is 35.9 Å². The quantitative estimate of drug-likeness (QED) is 0.532. The first-order valence-corrected chi connectivity index (χ1v) is 8.49. The number of amides is 1. The van der Waals surface area contributed by atoms with E-state index in [0.29, 0.717) is 5.56 Å². The lowest BCUT2D eigenvalue weighted by Gasteiger charge is -2.13. The van der Waals surface area contributed by atoms with Gasteiger partial charge in [-0.3, -0.25) is 9.48 Å². The average molecular weight is 432 g/mol. The predicted molar refractivity (Wildman–Crippen MR) is 98.0 cm³/mol. The molecule has 146 valence electrons. The Labute approximate surface area is 166 Å². The fourth-order valence-corrected chi connectivity index (χ4v) is 2.88. The number of aromatic nitrogens is 2. The van der Waals surface area contributed by atoms with Gasteiger partial charge in [0.1, 0.15) is 5.82 Å². The molecule has 0 aliphatic rings. The molecule has 0 atom stereocenters. The summed E-state index contributed by atoms with van der Waals surface area (Å²) in [5, 5.41) is 6.15. The van der Waals surface area contributed by atoms with Gasteiger partial charge in [-0.25, -0.2) is 4.39 Å². The molecule has 0 fully saturated rings. The Morgan fingerprint density at radius 2 is 1.82 bits per heavy atom. The minimum absolute atomic E-state index is 0.0989. The Hall–Kier alpha value is -2.58. The highest BCUT2D eigenvalue weighted by Crippen LogP contribution is 2.35. The van der Waals surface area contributed by atoms with Crippen molar-refractivity contribution in [2.45, 2.75) is 6.18 Å². The number of rotatable bonds is 3. The van der Waals surface area contributed by atoms with Crippen molar-refractivity contribution in [1.29, 1.82) is 0 Å². The summed E-state index contributed by atoms with van der Waals surface area (Å²) in [6, 6.07) is 7.93. The third-order valence-electron chi connectivity index (χ3n) is 3.80. The minimum Gasteiger partial charge on any atom is -0.321 e. The van der Waals surface area contributed by atoms with Gasteiger partial charge in [-0.1, -0.05) is 29.3 Å². The lowest BCUT2D eigenvalue weighted by atomic mass is 10.0. The maximum Gasteiger partial charge on any atom is 0.435 e. The molecule has 0 bridgehead atoms. The number of carbonyl (C=O) groups excluding carboxylic acids is 1. The first-order chi connectivity index (χ1) is 13.1. The number of hydrogen-bond acceptors (Lipinski definition) is 2. The number of alkyl halides is 3. The molecule has 1 N–H and O–H groups in total. The molecule has 1 heterocycles. The average Bonchev–Trinajstić information content (AvgIpc) is 3.01. The summed E-state index contributed by atoms with van der Waals surface area (Å²) in [5.41, 5.74) is -1.22. The fraction of sp³-hybridized carbons (Fsp3) is 0.111. The molecule has 0 aliphatic carbocycles. The van der Waals surface area contributed by atoms with Crippen molar-refractivity contribution in [2.24, 2.45) is 7.05 Å². The van der Waals surface area contributed by atoms with E-state index in [1.807, 2.05) is 0 Å². The Balaban J connectivity index is 2.02. The van der Waals surface area contributed by atoms with E-state index < -0.39 is 29.2 Å². The summed E-state index contributed by atoms with van der Waals surface area (Å²) in [5.74, 6) is -1.63. The van der Waals surface area contributed by atoms with Gasteiger partial charge in [-0.15, -0.1) is 0 Å². The van der Waals surface area contributed by atoms with Crippen molar-refractivity contribution in [3.8, 4) is 11.1 Å². The molecule has 3 rings (SSSR count). The maximum atomic E-state index is 13.8. The van der Waals surface area contributed by atoms with E-state index in [9.17, 15) is 22.4 Å². The van der Waals surface area contributed by atoms with Crippen molar-refractivity contribution in [1.82, 2.24) is 9.78 Å². The number of nitrogens with zero attached hydrogens (tertiary/aromatic N) is 2. The molecule has 0 unspecified atom stereocenters. The summed E-state index contributed by atoms with van der Waals surface area (Å²) in [4.78, 5) is 12.5. The highest BCUT2D eigenvalue weighted by Gasteiger charge is 2.39. The summed E-state index contributed by atoms with van der Waals surface area (Å²) < 4.78 is 54.0. The van der Waals surface area contributed by atoms with Gasteiger partial charge in [0, 0.05) is 24.5 Å². The van der Waals surface area contributed by atoms with Crippen LogP contribution in [0.25, 0.3) is 11.1 Å². The van der Waals surface area contributed by atoms with Crippen LogP contribution in [0, 0.1) is 5.82 Å². The highest BCUT2D eigenvalue weighted by atomic mass is 35.5. The van der Waals surface area contributed by atoms with E-state index in [2.05, 4.69) is 10.4 Å². The van der Waals surface area contributed by atoms with E-state index in [1.54, 1.807) is 6.07 Å². The van der Waals surface area contributed by atoms with E-state index in [4.69, 9.17) is 23.2 Å². The number of nitrogens with one attached hydrogen (secondary N) is 1. The number of anilines is 1. The Morgan fingerprint density at radius 1 is 1.11 bits per heavy atom. The van der Waals surface area contributed by atoms with Gasteiger partial charge in [0.2, 0.25) is 0 Å². The third kappa shape index (κ3) is 4.13. The molecule has 1 amide bonds. The van der Waals surface area contributed by atoms with Crippen LogP contribution in [0.4, 0.5) is 23.2 Å². The van der Waals surface area contributed by atoms with Gasteiger partial charge in [0.15, 0.2) is 5.69 Å². The number of hydrogen-bond donors (Lipinski definition) is 1. The zero-order chi connectivity index (χ0) is 20.6. The molecule has 3 aromatic rings. The van der Waals surface area contributed by atoms with E-state index >= 15 is 0 Å². The first-order valence-electron chi connectivity index (χ1n) is 7.73. The zero-order valence-corrected chi connectivity index (χ0v) is 15.6. The molecule has 10 heteroatoms. The van der Waals surface area contributed by atoms with Crippen LogP contribution in [-0.4, -0.2) is 15.7 Å². The van der Waals surface area contributed by atoms with Crippen LogP contribution in [0.2, 0.25) is 10.0 Å². The fourth-order valence-electron chi connectivity index (χ4n) is 2.58. The van der Waals surface area contributed by atoms with E-state index in [1.165, 1.54) is 25.2 Å². The van der Waals surface area contributed by atoms with Gasteiger partial charge in [-0.2, -0.15) is 18.3 Å². The van der Waals surface area contributed by atoms with Gasteiger partial charge < -0.3 is 5.32 Å². The second-order valence-electron chi connectivity index (χ2n) is 5.84. The second-order valence-corrected chi connectivity index (χ2v) is 6.65. The molecule has 0 spiro atoms. The van der Waals surface area contributed by atoms with Crippen molar-refractivity contribution >= 4 is 34.8 Å². The minimum atomic E-state index is -4.80. The van der Waals surface area contributed by atoms with Gasteiger partial charge in [0.05, 0.1) is 15.6 Å². The zero-order valence-electron chi connectivity index (χ0n) is 14.1. The maximum absolute atomic E-state index is 13.8. The number of carbonyl (C=O) groups is 1. The summed E-state index contributed by atoms with van der Waals surface area (Å²) in [6.07, 6.45) is -3.84. The van der Waals surface area contributed by atoms with Gasteiger partial charge in [0.25, 0.3) is 5.91 Å². The highest BCUT2D eigenvalue weighted by molar-refractivity contribution is 6.42. The smallest absolute Gasteiger partial charge is 0.321 e. The van der Waals surface area contributed by atoms with Crippen LogP contribution >= 0.6 is 23.2 Å². The van der Waals surface area contributed by atoms with Crippen molar-refractivity contribution in [2.75, 3.05) is 5.32 Å². The molecule has 0 radical (unpaired) electrons. The van der Waals surface area contributed by atoms with Crippen LogP contribution < -0.4 is 5.32 Å². The summed E-state index contributed by atoms with van der Waals surface area (Å²) >= 11 is 11.9. The Kier molecular flexibility index (Phi) is 5.36. The molecule has 0 saturated carbocycles. The van der Waals surface area contributed by atoms with Crippen molar-refractivity contribution < 1.29 is 22.4 Å². The van der Waals surface area contributed by atoms with E-state index in [0.717, 1.165) is 23.0 Å². The Bertz CT molecular complexity index is 1060. The molecule has 0 saturated heterocycles. The Morgan fingerprint density at radius 3 is 2.46 bits per heavy atom. The van der Waals surface area contributed by atoms with Crippen molar-refractivity contribution in [3.63, 3.8) is 0 Å². The molecular weight excluding hydrogens is 421 g/mol. The predicted octanol–water partition coefficient (Wildman–Crippen LogP) is 5.80. The third-order valence-corrected chi connectivity index (χ3v) is 4.54. The molecule has 1 aromatic heterocycles. The summed E-state index contributed by atoms with van der Waals surface area (Å²) in [6.45, 7) is 0. The topological polar surface area (TPSA) is 46.9 Å². The van der Waals surface area contributed by atoms with E-state index in [-0.39, 0.29) is 21.3 Å². The van der Waals surface area contributed by atoms with Crippen LogP contribution in [0.3, 0.4) is 0 Å². The van der Waals surface area contributed by atoms with Crippen LogP contribution in [0.1, 0.15) is 16.1 Å². The molecule has 4 nitrogen and oxygen atoms in total. The number of halogens is 6. The first kappa shape index (κ1) is 20.2. The normalized spacial score (nSPS) is 11.5. The molecule has 28 heavy (non-hydrogen) atoms. The second kappa shape index (κ2) is 7.44. The molecule has 0 aliphatic heterocycles. The standard InChI is InChI=1S/C18H11Cl2F4N3O/c1-27-8-12(16(26-27)18(22,23)24)17(28)25-15-5-3-10(21)7-11(15)9-2-4-13(19)14(20)6-9/h2-8H,1H3,(H,25,28). The van der Waals surface area contributed by atoms with Gasteiger partial charge >= 0.3 is 6.18 Å². The number of benzene rings is 2. The van der Waals surface area contributed by atoms with Crippen LogP contribution in [0.5, 0.6) is 0 Å². The lowest BCUT2D eigenvalue weighted by molar-refractivity contribution is -0.141. The SMILES string of the molecule is Cn1cc(C(=O)Nc2ccc(F)cc2-c2ccc(Cl)c(Cl)c2)c(C(F)(F)F)n1. The lowest BCUT2D eigenvalue weighted by Crippen LogP contribution is -2.18. The monoisotopic (exact) mass is 431 g/mol. The van der Waals surface area contributed by atoms with Crippen LogP contribution in [0.15, 0.2) is 42.6 Å². The molecular formula is C18H11Cl2F4N3O. The largest absolute Gasteiger partial charge is 0.435 e. The summed E-state index contributed by atoms with van der Waals surface area (Å²) in [7, 11) is 1.27. The number of aryl methyl sites for hydroxylation is 1. The van der Waals surface area contributed by atoms with Crippen molar-refractivity contribution in [3.05, 3.63) is 69.7 Å². The van der Waals surface area contributed by atoms with Crippen LogP contribution in [-0.2, 0) is 13.2 Å².